The van der Waals surface area contributed by atoms with Crippen LogP contribution in [0.25, 0.3) is 0 Å². The molecule has 0 aliphatic heterocycles. The van der Waals surface area contributed by atoms with Crippen LogP contribution in [0.4, 0.5) is 0 Å². The highest BCUT2D eigenvalue weighted by molar-refractivity contribution is 7.81. The van der Waals surface area contributed by atoms with Crippen LogP contribution in [-0.4, -0.2) is 31.0 Å². The van der Waals surface area contributed by atoms with Gasteiger partial charge in [0.25, 0.3) is 0 Å². The van der Waals surface area contributed by atoms with Gasteiger partial charge in [0.1, 0.15) is 0 Å². The van der Waals surface area contributed by atoms with Gasteiger partial charge >= 0.3 is 0 Å². The van der Waals surface area contributed by atoms with Crippen molar-refractivity contribution in [2.75, 3.05) is 6.61 Å². The molecule has 0 radical (unpaired) electrons. The van der Waals surface area contributed by atoms with Gasteiger partial charge in [0.05, 0.1) is 11.4 Å². The number of aliphatic hydroxyl groups is 1. The molecule has 1 saturated carbocycles. The monoisotopic (exact) mass is 222 g/mol. The molecule has 2 N–H and O–H groups in total. The molecule has 1 aliphatic carbocycles. The highest BCUT2D eigenvalue weighted by atomic mass is 32.2. The molecule has 84 valence electrons. The lowest BCUT2D eigenvalue weighted by Crippen LogP contribution is -2.24. The Kier molecular flexibility index (Phi) is 3.69. The molecule has 0 bridgehead atoms. The van der Waals surface area contributed by atoms with Crippen molar-refractivity contribution in [1.82, 2.24) is 0 Å². The van der Waals surface area contributed by atoms with E-state index in [2.05, 4.69) is 0 Å². The number of hydrogen-bond donors (Lipinski definition) is 2. The molecule has 0 heterocycles. The minimum absolute atomic E-state index is 0.358. The Labute approximate surface area is 86.9 Å². The van der Waals surface area contributed by atoms with Gasteiger partial charge in [0.15, 0.2) is 16.9 Å². The average Bonchev–Trinajstić information content (AvgIpc) is 2.77. The molecule has 0 saturated heterocycles. The molecule has 0 aromatic rings. The minimum Gasteiger partial charge on any atom is -0.366 e. The Morgan fingerprint density at radius 3 is 2.43 bits per heavy atom. The summed E-state index contributed by atoms with van der Waals surface area (Å²) in [6.45, 7) is 3.58. The third-order valence-electron chi connectivity index (χ3n) is 2.41. The topological polar surface area (TPSA) is 66.8 Å². The maximum atomic E-state index is 10.9. The van der Waals surface area contributed by atoms with Crippen molar-refractivity contribution in [2.45, 2.75) is 50.1 Å². The van der Waals surface area contributed by atoms with E-state index in [1.807, 2.05) is 0 Å². The van der Waals surface area contributed by atoms with Gasteiger partial charge in [-0.3, -0.25) is 0 Å². The van der Waals surface area contributed by atoms with Crippen LogP contribution in [-0.2, 0) is 15.8 Å². The second-order valence-corrected chi connectivity index (χ2v) is 5.70. The van der Waals surface area contributed by atoms with Crippen LogP contribution < -0.4 is 0 Å². The third kappa shape index (κ3) is 3.65. The zero-order valence-electron chi connectivity index (χ0n) is 8.65. The van der Waals surface area contributed by atoms with E-state index in [-0.39, 0.29) is 4.75 Å². The second-order valence-electron chi connectivity index (χ2n) is 4.33. The van der Waals surface area contributed by atoms with Gasteiger partial charge in [-0.25, -0.2) is 4.21 Å². The van der Waals surface area contributed by atoms with Gasteiger partial charge in [-0.05, 0) is 39.5 Å². The maximum absolute atomic E-state index is 10.9. The van der Waals surface area contributed by atoms with Crippen molar-refractivity contribution >= 4 is 11.1 Å². The fourth-order valence-corrected chi connectivity index (χ4v) is 2.14. The molecule has 0 spiro atoms. The molecule has 1 fully saturated rings. The summed E-state index contributed by atoms with van der Waals surface area (Å²) in [7, 11) is 0. The highest BCUT2D eigenvalue weighted by Gasteiger charge is 2.47. The molecule has 5 heteroatoms. The van der Waals surface area contributed by atoms with E-state index >= 15 is 0 Å². The first-order valence-corrected chi connectivity index (χ1v) is 5.94. The van der Waals surface area contributed by atoms with E-state index in [9.17, 15) is 9.32 Å². The summed E-state index contributed by atoms with van der Waals surface area (Å²) in [5, 5.41) is 9.24. The quantitative estimate of drug-likeness (QED) is 0.403. The zero-order chi connectivity index (χ0) is 10.8. The zero-order valence-corrected chi connectivity index (χ0v) is 9.47. The average molecular weight is 222 g/mol. The fraction of sp³-hybridized carbons (Fsp3) is 1.00. The highest BCUT2D eigenvalue weighted by Crippen LogP contribution is 2.44. The van der Waals surface area contributed by atoms with Crippen LogP contribution in [0, 0.1) is 0 Å². The largest absolute Gasteiger partial charge is 0.366 e. The van der Waals surface area contributed by atoms with Gasteiger partial charge in [0.2, 0.25) is 0 Å². The molecule has 0 aromatic heterocycles. The molecule has 14 heavy (non-hydrogen) atoms. The van der Waals surface area contributed by atoms with Gasteiger partial charge < -0.3 is 14.4 Å². The fourth-order valence-electron chi connectivity index (χ4n) is 1.37. The van der Waals surface area contributed by atoms with E-state index in [4.69, 9.17) is 9.29 Å². The summed E-state index contributed by atoms with van der Waals surface area (Å²) >= 11 is -1.71. The molecular weight excluding hydrogens is 204 g/mol. The summed E-state index contributed by atoms with van der Waals surface area (Å²) < 4.78 is 24.6. The maximum Gasteiger partial charge on any atom is 0.159 e. The minimum atomic E-state index is -1.71. The Morgan fingerprint density at radius 2 is 2.07 bits per heavy atom. The van der Waals surface area contributed by atoms with E-state index in [0.717, 1.165) is 19.3 Å². The van der Waals surface area contributed by atoms with Crippen LogP contribution in [0.3, 0.4) is 0 Å². The van der Waals surface area contributed by atoms with Crippen LogP contribution in [0.2, 0.25) is 0 Å². The van der Waals surface area contributed by atoms with Crippen molar-refractivity contribution < 1.29 is 18.6 Å². The summed E-state index contributed by atoms with van der Waals surface area (Å²) in [4.78, 5) is 0. The standard InChI is InChI=1S/C9H18O4S/c1-8(2,10)13-7-3-4-9(5-6-9)14(11)12/h10H,3-7H2,1-2H3,(H,11,12). The van der Waals surface area contributed by atoms with Crippen molar-refractivity contribution in [3.63, 3.8) is 0 Å². The van der Waals surface area contributed by atoms with Crippen molar-refractivity contribution in [3.8, 4) is 0 Å². The number of ether oxygens (including phenoxy) is 1. The molecule has 1 aliphatic rings. The summed E-state index contributed by atoms with van der Waals surface area (Å²) in [5.41, 5.74) is 0. The van der Waals surface area contributed by atoms with E-state index in [1.165, 1.54) is 0 Å². The van der Waals surface area contributed by atoms with Crippen molar-refractivity contribution in [2.24, 2.45) is 0 Å². The Bertz CT molecular complexity index is 217. The molecule has 4 nitrogen and oxygen atoms in total. The van der Waals surface area contributed by atoms with Crippen LogP contribution >= 0.6 is 0 Å². The van der Waals surface area contributed by atoms with Crippen LogP contribution in [0.1, 0.15) is 39.5 Å². The predicted octanol–water partition coefficient (Wildman–Crippen LogP) is 1.27. The van der Waals surface area contributed by atoms with E-state index < -0.39 is 16.9 Å². The normalized spacial score (nSPS) is 22.0. The third-order valence-corrected chi connectivity index (χ3v) is 3.76. The Hall–Kier alpha value is 0.0300. The lowest BCUT2D eigenvalue weighted by atomic mass is 10.2. The number of rotatable bonds is 6. The van der Waals surface area contributed by atoms with Gasteiger partial charge in [-0.1, -0.05) is 0 Å². The van der Waals surface area contributed by atoms with Gasteiger partial charge in [0, 0.05) is 0 Å². The van der Waals surface area contributed by atoms with Crippen molar-refractivity contribution in [1.29, 1.82) is 0 Å². The molecule has 1 rings (SSSR count). The molecule has 0 aromatic carbocycles. The first-order valence-electron chi connectivity index (χ1n) is 4.83. The number of hydrogen-bond acceptors (Lipinski definition) is 3. The molecule has 0 amide bonds. The summed E-state index contributed by atoms with van der Waals surface area (Å²) in [5.74, 6) is -1.10. The lowest BCUT2D eigenvalue weighted by molar-refractivity contribution is -0.176. The summed E-state index contributed by atoms with van der Waals surface area (Å²) in [6.07, 6.45) is 3.08. The van der Waals surface area contributed by atoms with E-state index in [0.29, 0.717) is 13.0 Å². The van der Waals surface area contributed by atoms with Crippen LogP contribution in [0.15, 0.2) is 0 Å². The SMILES string of the molecule is CC(C)(O)OCCCC1(S(=O)O)CC1. The predicted molar refractivity (Wildman–Crippen MR) is 54.2 cm³/mol. The van der Waals surface area contributed by atoms with Gasteiger partial charge in [-0.2, -0.15) is 0 Å². The van der Waals surface area contributed by atoms with Crippen LogP contribution in [0.5, 0.6) is 0 Å². The van der Waals surface area contributed by atoms with E-state index in [1.54, 1.807) is 13.8 Å². The van der Waals surface area contributed by atoms with Gasteiger partial charge in [-0.15, -0.1) is 0 Å². The second kappa shape index (κ2) is 4.26. The lowest BCUT2D eigenvalue weighted by Gasteiger charge is -2.18. The molecular formula is C9H18O4S. The molecule has 1 unspecified atom stereocenters. The Morgan fingerprint density at radius 1 is 1.50 bits per heavy atom. The Balaban J connectivity index is 2.13. The van der Waals surface area contributed by atoms with Crippen molar-refractivity contribution in [3.05, 3.63) is 0 Å². The first kappa shape index (κ1) is 12.1. The summed E-state index contributed by atoms with van der Waals surface area (Å²) in [6, 6.07) is 0. The molecule has 1 atom stereocenters. The first-order chi connectivity index (χ1) is 6.36. The smallest absolute Gasteiger partial charge is 0.159 e.